The molecule has 3 aromatic rings. The molecular formula is C24H20N4O7S. The van der Waals surface area contributed by atoms with E-state index in [-0.39, 0.29) is 32.9 Å². The molecule has 1 aromatic heterocycles. The Labute approximate surface area is 207 Å². The molecule has 0 bridgehead atoms. The summed E-state index contributed by atoms with van der Waals surface area (Å²) in [6.45, 7) is 4.95. The van der Waals surface area contributed by atoms with E-state index in [1.165, 1.54) is 34.9 Å². The molecule has 1 atom stereocenters. The first-order valence-electron chi connectivity index (χ1n) is 10.8. The molecule has 11 nitrogen and oxygen atoms in total. The third kappa shape index (κ3) is 4.45. The first-order chi connectivity index (χ1) is 17.1. The number of hydrogen-bond acceptors (Lipinski definition) is 9. The molecule has 2 aromatic carbocycles. The number of hydrogen-bond donors (Lipinski definition) is 0. The van der Waals surface area contributed by atoms with Crippen molar-refractivity contribution in [3.05, 3.63) is 110 Å². The Hall–Kier alpha value is -4.45. The largest absolute Gasteiger partial charge is 0.463 e. The number of nitro groups is 2. The summed E-state index contributed by atoms with van der Waals surface area (Å²) >= 11 is 1.05. The Kier molecular flexibility index (Phi) is 6.62. The molecule has 12 heteroatoms. The van der Waals surface area contributed by atoms with Crippen LogP contribution in [0.15, 0.2) is 63.5 Å². The van der Waals surface area contributed by atoms with Gasteiger partial charge in [0, 0.05) is 23.8 Å². The van der Waals surface area contributed by atoms with Crippen LogP contribution in [0.4, 0.5) is 11.4 Å². The number of esters is 1. The van der Waals surface area contributed by atoms with E-state index >= 15 is 0 Å². The third-order valence-electron chi connectivity index (χ3n) is 5.64. The first kappa shape index (κ1) is 24.7. The van der Waals surface area contributed by atoms with E-state index in [1.807, 2.05) is 0 Å². The van der Waals surface area contributed by atoms with E-state index in [9.17, 15) is 29.8 Å². The lowest BCUT2D eigenvalue weighted by atomic mass is 9.94. The molecular weight excluding hydrogens is 488 g/mol. The van der Waals surface area contributed by atoms with Gasteiger partial charge in [0.1, 0.15) is 0 Å². The number of rotatable bonds is 6. The number of nitrogens with zero attached hydrogens (tertiary/aromatic N) is 4. The van der Waals surface area contributed by atoms with Gasteiger partial charge in [0.25, 0.3) is 16.9 Å². The Morgan fingerprint density at radius 2 is 1.92 bits per heavy atom. The zero-order chi connectivity index (χ0) is 26.1. The average molecular weight is 509 g/mol. The summed E-state index contributed by atoms with van der Waals surface area (Å²) in [7, 11) is 0. The van der Waals surface area contributed by atoms with Crippen LogP contribution in [0.5, 0.6) is 0 Å². The van der Waals surface area contributed by atoms with Gasteiger partial charge in [-0.3, -0.25) is 29.6 Å². The van der Waals surface area contributed by atoms with Crippen LogP contribution in [0.25, 0.3) is 6.08 Å². The molecule has 4 rings (SSSR count). The number of nitro benzene ring substituents is 2. The van der Waals surface area contributed by atoms with Gasteiger partial charge in [0.2, 0.25) is 0 Å². The van der Waals surface area contributed by atoms with Gasteiger partial charge in [0.05, 0.1) is 38.3 Å². The number of allylic oxidation sites excluding steroid dienone is 1. The molecule has 0 N–H and O–H groups in total. The minimum Gasteiger partial charge on any atom is -0.463 e. The quantitative estimate of drug-likeness (QED) is 0.282. The average Bonchev–Trinajstić information content (AvgIpc) is 3.13. The van der Waals surface area contributed by atoms with E-state index in [0.29, 0.717) is 22.4 Å². The number of non-ortho nitro benzene ring substituents is 1. The molecule has 0 radical (unpaired) electrons. The van der Waals surface area contributed by atoms with Gasteiger partial charge in [-0.2, -0.15) is 0 Å². The van der Waals surface area contributed by atoms with Crippen LogP contribution in [-0.4, -0.2) is 27.0 Å². The standard InChI is InChI=1S/C24H20N4O7S/c1-4-35-23(30)20-14(3)25-24-26(21(20)16-9-8-13(2)18(12-16)28(33)34)22(29)19(36-24)11-15-6-5-7-17(10-15)27(31)32/h5-12,21H,4H2,1-3H3/b19-11+/t21-/m1/s1. The molecule has 0 saturated heterocycles. The topological polar surface area (TPSA) is 147 Å². The van der Waals surface area contributed by atoms with Crippen molar-refractivity contribution in [1.29, 1.82) is 0 Å². The van der Waals surface area contributed by atoms with Crippen molar-refractivity contribution in [2.24, 2.45) is 4.99 Å². The van der Waals surface area contributed by atoms with Gasteiger partial charge in [0.15, 0.2) is 4.80 Å². The zero-order valence-corrected chi connectivity index (χ0v) is 20.3. The van der Waals surface area contributed by atoms with E-state index < -0.39 is 27.4 Å². The highest BCUT2D eigenvalue weighted by atomic mass is 32.1. The second-order valence-corrected chi connectivity index (χ2v) is 8.97. The molecule has 2 heterocycles. The Morgan fingerprint density at radius 3 is 2.58 bits per heavy atom. The van der Waals surface area contributed by atoms with Gasteiger partial charge in [-0.15, -0.1) is 0 Å². The van der Waals surface area contributed by atoms with E-state index in [1.54, 1.807) is 39.0 Å². The van der Waals surface area contributed by atoms with Crippen LogP contribution in [-0.2, 0) is 9.53 Å². The number of carbonyl (C=O) groups is 1. The van der Waals surface area contributed by atoms with Crippen LogP contribution in [0.1, 0.15) is 36.6 Å². The molecule has 0 aliphatic carbocycles. The molecule has 1 aliphatic rings. The van der Waals surface area contributed by atoms with E-state index in [2.05, 4.69) is 4.99 Å². The summed E-state index contributed by atoms with van der Waals surface area (Å²) in [4.78, 5) is 52.9. The van der Waals surface area contributed by atoms with Crippen molar-refractivity contribution in [3.8, 4) is 0 Å². The number of aromatic nitrogens is 1. The smallest absolute Gasteiger partial charge is 0.338 e. The van der Waals surface area contributed by atoms with Crippen LogP contribution in [0, 0.1) is 27.2 Å². The molecule has 0 amide bonds. The van der Waals surface area contributed by atoms with Crippen LogP contribution in [0.2, 0.25) is 0 Å². The second kappa shape index (κ2) is 9.66. The van der Waals surface area contributed by atoms with Gasteiger partial charge >= 0.3 is 5.97 Å². The van der Waals surface area contributed by atoms with Crippen molar-refractivity contribution in [2.75, 3.05) is 6.61 Å². The van der Waals surface area contributed by atoms with Crippen molar-refractivity contribution >= 4 is 34.8 Å². The fourth-order valence-corrected chi connectivity index (χ4v) is 5.03. The van der Waals surface area contributed by atoms with Crippen LogP contribution < -0.4 is 14.9 Å². The summed E-state index contributed by atoms with van der Waals surface area (Å²) in [5.41, 5.74) is 0.888. The van der Waals surface area contributed by atoms with Crippen molar-refractivity contribution in [1.82, 2.24) is 4.57 Å². The van der Waals surface area contributed by atoms with Crippen molar-refractivity contribution in [2.45, 2.75) is 26.8 Å². The minimum atomic E-state index is -1.01. The van der Waals surface area contributed by atoms with E-state index in [0.717, 1.165) is 11.3 Å². The molecule has 0 saturated carbocycles. The Bertz CT molecular complexity index is 1630. The predicted octanol–water partition coefficient (Wildman–Crippen LogP) is 2.92. The first-order valence-corrected chi connectivity index (χ1v) is 11.6. The van der Waals surface area contributed by atoms with Crippen LogP contribution in [0.3, 0.4) is 0 Å². The second-order valence-electron chi connectivity index (χ2n) is 7.96. The lowest BCUT2D eigenvalue weighted by Crippen LogP contribution is -2.40. The Morgan fingerprint density at radius 1 is 1.17 bits per heavy atom. The maximum atomic E-state index is 13.6. The lowest BCUT2D eigenvalue weighted by molar-refractivity contribution is -0.385. The summed E-state index contributed by atoms with van der Waals surface area (Å²) < 4.78 is 6.77. The van der Waals surface area contributed by atoms with Gasteiger partial charge < -0.3 is 4.74 Å². The van der Waals surface area contributed by atoms with Gasteiger partial charge in [-0.1, -0.05) is 35.6 Å². The monoisotopic (exact) mass is 508 g/mol. The zero-order valence-electron chi connectivity index (χ0n) is 19.5. The summed E-state index contributed by atoms with van der Waals surface area (Å²) in [5, 5.41) is 22.7. The summed E-state index contributed by atoms with van der Waals surface area (Å²) in [5.74, 6) is -0.681. The van der Waals surface area contributed by atoms with Gasteiger partial charge in [-0.05, 0) is 38.0 Å². The molecule has 184 valence electrons. The maximum absolute atomic E-state index is 13.6. The fourth-order valence-electron chi connectivity index (χ4n) is 3.98. The lowest BCUT2D eigenvalue weighted by Gasteiger charge is -2.24. The highest BCUT2D eigenvalue weighted by molar-refractivity contribution is 7.07. The fraction of sp³-hybridized carbons (Fsp3) is 0.208. The van der Waals surface area contributed by atoms with Crippen LogP contribution >= 0.6 is 11.3 Å². The third-order valence-corrected chi connectivity index (χ3v) is 6.62. The highest BCUT2D eigenvalue weighted by Crippen LogP contribution is 2.33. The SMILES string of the molecule is CCOC(=O)C1=C(C)N=c2s/c(=C/c3cccc([N+](=O)[O-])c3)c(=O)n2[C@@H]1c1ccc(C)c([N+](=O)[O-])c1. The number of carbonyl (C=O) groups excluding carboxylic acids is 1. The molecule has 0 fully saturated rings. The van der Waals surface area contributed by atoms with Gasteiger partial charge in [-0.25, -0.2) is 9.79 Å². The Balaban J connectivity index is 1.98. The summed E-state index contributed by atoms with van der Waals surface area (Å²) in [6.07, 6.45) is 1.51. The number of ether oxygens (including phenoxy) is 1. The normalized spacial score (nSPS) is 15.3. The number of fused-ring (bicyclic) bond motifs is 1. The molecule has 0 spiro atoms. The predicted molar refractivity (Wildman–Crippen MR) is 131 cm³/mol. The van der Waals surface area contributed by atoms with Crippen molar-refractivity contribution in [3.63, 3.8) is 0 Å². The van der Waals surface area contributed by atoms with Crippen molar-refractivity contribution < 1.29 is 19.4 Å². The highest BCUT2D eigenvalue weighted by Gasteiger charge is 2.34. The van der Waals surface area contributed by atoms with E-state index in [4.69, 9.17) is 4.74 Å². The summed E-state index contributed by atoms with van der Waals surface area (Å²) in [6, 6.07) is 9.35. The molecule has 1 aliphatic heterocycles. The minimum absolute atomic E-state index is 0.0909. The molecule has 0 unspecified atom stereocenters. The molecule has 36 heavy (non-hydrogen) atoms. The number of thiazole rings is 1. The number of aryl methyl sites for hydroxylation is 1. The maximum Gasteiger partial charge on any atom is 0.338 e. The number of benzene rings is 2.